The molecule has 146 valence electrons. The molecule has 7 heteroatoms. The summed E-state index contributed by atoms with van der Waals surface area (Å²) in [6.45, 7) is 7.81. The van der Waals surface area contributed by atoms with Crippen LogP contribution in [-0.4, -0.2) is 31.4 Å². The highest BCUT2D eigenvalue weighted by Gasteiger charge is 2.21. The van der Waals surface area contributed by atoms with E-state index in [-0.39, 0.29) is 0 Å². The van der Waals surface area contributed by atoms with E-state index in [1.54, 1.807) is 0 Å². The van der Waals surface area contributed by atoms with Gasteiger partial charge < -0.3 is 9.84 Å². The largest absolute Gasteiger partial charge is 0.334 e. The lowest BCUT2D eigenvalue weighted by Gasteiger charge is -2.19. The molecule has 5 rings (SSSR count). The van der Waals surface area contributed by atoms with Gasteiger partial charge in [-0.3, -0.25) is 4.98 Å². The average molecular weight is 386 g/mol. The Kier molecular flexibility index (Phi) is 4.24. The lowest BCUT2D eigenvalue weighted by molar-refractivity contribution is 0.432. The van der Waals surface area contributed by atoms with Gasteiger partial charge in [0.2, 0.25) is 5.82 Å². The van der Waals surface area contributed by atoms with Crippen molar-refractivity contribution in [2.24, 2.45) is 0 Å². The number of hydrogen-bond acceptors (Lipinski definition) is 6. The van der Waals surface area contributed by atoms with Gasteiger partial charge in [0.25, 0.3) is 5.89 Å². The van der Waals surface area contributed by atoms with E-state index in [9.17, 15) is 0 Å². The number of nitrogens with zero attached hydrogens (tertiary/aromatic N) is 5. The summed E-state index contributed by atoms with van der Waals surface area (Å²) in [7, 11) is 0. The van der Waals surface area contributed by atoms with Crippen LogP contribution in [-0.2, 0) is 13.0 Å². The fourth-order valence-electron chi connectivity index (χ4n) is 3.95. The number of benzene rings is 1. The van der Waals surface area contributed by atoms with Crippen LogP contribution in [0.2, 0.25) is 0 Å². The first-order valence-corrected chi connectivity index (χ1v) is 9.76. The van der Waals surface area contributed by atoms with Gasteiger partial charge in [-0.05, 0) is 75.2 Å². The number of hydrogen-bond donors (Lipinski definition) is 1. The Morgan fingerprint density at radius 3 is 2.69 bits per heavy atom. The standard InChI is InChI=1S/C22H22N6O/c1-13-10-14(2)28(26-13)18-6-4-16(5-7-18)22-25-21(27-29-22)20-15(3)24-12-17-11-23-9-8-19(17)20/h4-7,10,12,23H,8-9,11H2,1-3H3. The third-order valence-corrected chi connectivity index (χ3v) is 5.35. The number of aryl methyl sites for hydroxylation is 3. The number of nitrogens with one attached hydrogen (secondary N) is 1. The zero-order chi connectivity index (χ0) is 20.0. The van der Waals surface area contributed by atoms with E-state index in [1.807, 2.05) is 55.9 Å². The normalized spacial score (nSPS) is 13.5. The maximum Gasteiger partial charge on any atom is 0.258 e. The first-order valence-electron chi connectivity index (χ1n) is 9.76. The van der Waals surface area contributed by atoms with Crippen molar-refractivity contribution in [3.8, 4) is 28.5 Å². The lowest BCUT2D eigenvalue weighted by Crippen LogP contribution is -2.24. The maximum absolute atomic E-state index is 5.60. The Hall–Kier alpha value is -3.32. The molecule has 0 amide bonds. The number of fused-ring (bicyclic) bond motifs is 1. The van der Waals surface area contributed by atoms with Crippen LogP contribution in [0.4, 0.5) is 0 Å². The van der Waals surface area contributed by atoms with Gasteiger partial charge in [0.1, 0.15) is 0 Å². The van der Waals surface area contributed by atoms with Crippen molar-refractivity contribution < 1.29 is 4.52 Å². The smallest absolute Gasteiger partial charge is 0.258 e. The minimum atomic E-state index is 0.505. The first-order chi connectivity index (χ1) is 14.1. The van der Waals surface area contributed by atoms with Gasteiger partial charge in [-0.25, -0.2) is 4.68 Å². The number of pyridine rings is 1. The van der Waals surface area contributed by atoms with Gasteiger partial charge in [-0.15, -0.1) is 0 Å². The van der Waals surface area contributed by atoms with Crippen LogP contribution in [0.15, 0.2) is 41.1 Å². The van der Waals surface area contributed by atoms with Gasteiger partial charge in [0.15, 0.2) is 0 Å². The molecule has 7 nitrogen and oxygen atoms in total. The Balaban J connectivity index is 1.49. The lowest BCUT2D eigenvalue weighted by atomic mass is 9.95. The molecule has 1 aliphatic rings. The molecule has 4 heterocycles. The van der Waals surface area contributed by atoms with Crippen molar-refractivity contribution in [3.63, 3.8) is 0 Å². The minimum Gasteiger partial charge on any atom is -0.334 e. The highest BCUT2D eigenvalue weighted by atomic mass is 16.5. The van der Waals surface area contributed by atoms with Crippen molar-refractivity contribution in [2.45, 2.75) is 33.7 Å². The van der Waals surface area contributed by atoms with Crippen LogP contribution < -0.4 is 5.32 Å². The molecular formula is C22H22N6O. The van der Waals surface area contributed by atoms with Crippen LogP contribution in [0.1, 0.15) is 28.2 Å². The topological polar surface area (TPSA) is 81.7 Å². The van der Waals surface area contributed by atoms with E-state index < -0.39 is 0 Å². The second-order valence-corrected chi connectivity index (χ2v) is 7.46. The molecule has 0 saturated heterocycles. The molecule has 4 aromatic rings. The Morgan fingerprint density at radius 2 is 1.93 bits per heavy atom. The molecule has 0 radical (unpaired) electrons. The third-order valence-electron chi connectivity index (χ3n) is 5.35. The van der Waals surface area contributed by atoms with Crippen molar-refractivity contribution in [1.29, 1.82) is 0 Å². The predicted octanol–water partition coefficient (Wildman–Crippen LogP) is 3.56. The summed E-state index contributed by atoms with van der Waals surface area (Å²) >= 11 is 0. The fourth-order valence-corrected chi connectivity index (χ4v) is 3.95. The number of aromatic nitrogens is 5. The molecule has 0 unspecified atom stereocenters. The van der Waals surface area contributed by atoms with E-state index in [4.69, 9.17) is 4.52 Å². The van der Waals surface area contributed by atoms with E-state index in [0.717, 1.165) is 53.4 Å². The molecule has 29 heavy (non-hydrogen) atoms. The number of rotatable bonds is 3. The molecule has 0 fully saturated rings. The van der Waals surface area contributed by atoms with Crippen molar-refractivity contribution in [1.82, 2.24) is 30.2 Å². The minimum absolute atomic E-state index is 0.505. The summed E-state index contributed by atoms with van der Waals surface area (Å²) in [4.78, 5) is 9.22. The molecule has 0 saturated carbocycles. The highest BCUT2D eigenvalue weighted by Crippen LogP contribution is 2.30. The van der Waals surface area contributed by atoms with Crippen LogP contribution in [0, 0.1) is 20.8 Å². The van der Waals surface area contributed by atoms with Crippen LogP contribution in [0.25, 0.3) is 28.5 Å². The summed E-state index contributed by atoms with van der Waals surface area (Å²) in [5.41, 5.74) is 8.38. The highest BCUT2D eigenvalue weighted by molar-refractivity contribution is 5.67. The molecule has 0 spiro atoms. The summed E-state index contributed by atoms with van der Waals surface area (Å²) < 4.78 is 7.53. The van der Waals surface area contributed by atoms with Crippen LogP contribution >= 0.6 is 0 Å². The predicted molar refractivity (Wildman–Crippen MR) is 110 cm³/mol. The quantitative estimate of drug-likeness (QED) is 0.580. The molecule has 1 aromatic carbocycles. The van der Waals surface area contributed by atoms with Gasteiger partial charge in [0, 0.05) is 35.3 Å². The molecule has 3 aromatic heterocycles. The summed E-state index contributed by atoms with van der Waals surface area (Å²) in [6, 6.07) is 10.1. The van der Waals surface area contributed by atoms with Gasteiger partial charge in [-0.1, -0.05) is 5.16 Å². The second kappa shape index (κ2) is 6.93. The molecule has 0 aliphatic carbocycles. The van der Waals surface area contributed by atoms with Crippen LogP contribution in [0.5, 0.6) is 0 Å². The van der Waals surface area contributed by atoms with E-state index >= 15 is 0 Å². The Morgan fingerprint density at radius 1 is 1.10 bits per heavy atom. The molecule has 1 aliphatic heterocycles. The molecular weight excluding hydrogens is 364 g/mol. The van der Waals surface area contributed by atoms with Crippen molar-refractivity contribution in [2.75, 3.05) is 6.54 Å². The van der Waals surface area contributed by atoms with Crippen molar-refractivity contribution in [3.05, 3.63) is 64.7 Å². The maximum atomic E-state index is 5.60. The third kappa shape index (κ3) is 3.13. The van der Waals surface area contributed by atoms with Crippen molar-refractivity contribution >= 4 is 0 Å². The van der Waals surface area contributed by atoms with Gasteiger partial charge >= 0.3 is 0 Å². The van der Waals surface area contributed by atoms with Crippen LogP contribution in [0.3, 0.4) is 0 Å². The van der Waals surface area contributed by atoms with Gasteiger partial charge in [0.05, 0.1) is 11.4 Å². The van der Waals surface area contributed by atoms with E-state index in [2.05, 4.69) is 31.6 Å². The Labute approximate surface area is 168 Å². The summed E-state index contributed by atoms with van der Waals surface area (Å²) in [5, 5.41) is 12.2. The SMILES string of the molecule is Cc1cc(C)n(-c2ccc(-c3nc(-c4c(C)ncc5c4CCNC5)no3)cc2)n1. The van der Waals surface area contributed by atoms with E-state index in [1.165, 1.54) is 11.1 Å². The molecule has 1 N–H and O–H groups in total. The zero-order valence-corrected chi connectivity index (χ0v) is 16.7. The molecule has 0 bridgehead atoms. The monoisotopic (exact) mass is 386 g/mol. The Bertz CT molecular complexity index is 1190. The summed E-state index contributed by atoms with van der Waals surface area (Å²) in [6.07, 6.45) is 2.88. The molecule has 0 atom stereocenters. The van der Waals surface area contributed by atoms with E-state index in [0.29, 0.717) is 11.7 Å². The fraction of sp³-hybridized carbons (Fsp3) is 0.273. The first kappa shape index (κ1) is 17.8. The second-order valence-electron chi connectivity index (χ2n) is 7.46. The van der Waals surface area contributed by atoms with Gasteiger partial charge in [-0.2, -0.15) is 10.1 Å². The zero-order valence-electron chi connectivity index (χ0n) is 16.7. The summed E-state index contributed by atoms with van der Waals surface area (Å²) in [5.74, 6) is 1.11. The average Bonchev–Trinajstić information content (AvgIpc) is 3.34.